The summed E-state index contributed by atoms with van der Waals surface area (Å²) in [6.07, 6.45) is 0.395. The van der Waals surface area contributed by atoms with Gasteiger partial charge in [0.05, 0.1) is 12.1 Å². The third kappa shape index (κ3) is 6.77. The molecule has 4 heterocycles. The van der Waals surface area contributed by atoms with Crippen molar-refractivity contribution in [2.75, 3.05) is 19.6 Å². The molecule has 0 radical (unpaired) electrons. The zero-order chi connectivity index (χ0) is 30.2. The molecule has 3 aliphatic heterocycles. The van der Waals surface area contributed by atoms with E-state index in [9.17, 15) is 14.4 Å². The number of benzene rings is 1. The summed E-state index contributed by atoms with van der Waals surface area (Å²) in [6.45, 7) is 12.2. The topological polar surface area (TPSA) is 131 Å². The van der Waals surface area contributed by atoms with Crippen molar-refractivity contribution in [3.8, 4) is 0 Å². The standard InChI is InChI=1S/C29H40N6O7/c1-28(2,3)41-26(37)32-14-21(15-32)33(27(38)42-29(4,5)6)17-23-30-31-24(40-23)22-13-12-20-16-34(22)25(36)35(20)39-18-19-10-8-7-9-11-19/h7-11,20-22H,12-18H2,1-6H3/t20-,22+/m1/s1. The van der Waals surface area contributed by atoms with Gasteiger partial charge in [0.1, 0.15) is 30.4 Å². The molecule has 3 fully saturated rings. The lowest BCUT2D eigenvalue weighted by Gasteiger charge is -2.44. The summed E-state index contributed by atoms with van der Waals surface area (Å²) in [4.78, 5) is 49.5. The Hall–Kier alpha value is -3.87. The SMILES string of the molecule is CC(C)(C)OC(=O)N1CC(N(Cc2nnc([C@@H]3CC[C@@H]4CN3C(=O)N4OCc3ccccc3)o2)C(=O)OC(C)(C)C)C1. The average molecular weight is 585 g/mol. The molecule has 0 saturated carbocycles. The van der Waals surface area contributed by atoms with Gasteiger partial charge in [0, 0.05) is 19.6 Å². The van der Waals surface area contributed by atoms with E-state index in [0.717, 1.165) is 12.0 Å². The van der Waals surface area contributed by atoms with Crippen LogP contribution in [0.5, 0.6) is 0 Å². The van der Waals surface area contributed by atoms with Gasteiger partial charge in [-0.05, 0) is 59.9 Å². The van der Waals surface area contributed by atoms with Crippen LogP contribution in [0.4, 0.5) is 14.4 Å². The summed E-state index contributed by atoms with van der Waals surface area (Å²) < 4.78 is 17.1. The van der Waals surface area contributed by atoms with Crippen molar-refractivity contribution in [3.63, 3.8) is 0 Å². The van der Waals surface area contributed by atoms with E-state index in [1.165, 1.54) is 14.9 Å². The van der Waals surface area contributed by atoms with E-state index in [4.69, 9.17) is 18.7 Å². The number of carbonyl (C=O) groups is 3. The molecular formula is C29H40N6O7. The minimum Gasteiger partial charge on any atom is -0.444 e. The lowest BCUT2D eigenvalue weighted by molar-refractivity contribution is -0.140. The van der Waals surface area contributed by atoms with Crippen molar-refractivity contribution in [1.29, 1.82) is 0 Å². The van der Waals surface area contributed by atoms with E-state index < -0.39 is 23.4 Å². The summed E-state index contributed by atoms with van der Waals surface area (Å²) in [5, 5.41) is 9.91. The van der Waals surface area contributed by atoms with Gasteiger partial charge in [-0.25, -0.2) is 14.4 Å². The van der Waals surface area contributed by atoms with Crippen LogP contribution in [0.3, 0.4) is 0 Å². The molecule has 1 aromatic carbocycles. The molecular weight excluding hydrogens is 544 g/mol. The molecule has 1 aromatic heterocycles. The molecule has 0 spiro atoms. The highest BCUT2D eigenvalue weighted by Gasteiger charge is 2.48. The first-order valence-corrected chi connectivity index (χ1v) is 14.3. The Balaban J connectivity index is 1.23. The van der Waals surface area contributed by atoms with E-state index in [0.29, 0.717) is 38.6 Å². The molecule has 3 aliphatic rings. The normalized spacial score (nSPS) is 20.9. The quantitative estimate of drug-likeness (QED) is 0.462. The Labute approximate surface area is 245 Å². The molecule has 2 atom stereocenters. The van der Waals surface area contributed by atoms with E-state index in [1.807, 2.05) is 30.3 Å². The monoisotopic (exact) mass is 584 g/mol. The van der Waals surface area contributed by atoms with Gasteiger partial charge in [-0.1, -0.05) is 30.3 Å². The highest BCUT2D eigenvalue weighted by molar-refractivity contribution is 5.77. The van der Waals surface area contributed by atoms with Gasteiger partial charge >= 0.3 is 18.2 Å². The van der Waals surface area contributed by atoms with Crippen LogP contribution in [0.2, 0.25) is 0 Å². The largest absolute Gasteiger partial charge is 0.444 e. The van der Waals surface area contributed by atoms with Gasteiger partial charge in [-0.2, -0.15) is 5.06 Å². The van der Waals surface area contributed by atoms with Gasteiger partial charge in [0.2, 0.25) is 11.8 Å². The Morgan fingerprint density at radius 3 is 2.33 bits per heavy atom. The molecule has 0 aliphatic carbocycles. The highest BCUT2D eigenvalue weighted by atomic mass is 16.7. The second-order valence-electron chi connectivity index (χ2n) is 12.9. The first-order valence-electron chi connectivity index (χ1n) is 14.3. The van der Waals surface area contributed by atoms with Gasteiger partial charge in [-0.3, -0.25) is 9.74 Å². The summed E-state index contributed by atoms with van der Waals surface area (Å²) in [5.41, 5.74) is -0.351. The molecule has 0 N–H and O–H groups in total. The lowest BCUT2D eigenvalue weighted by atomic mass is 10.0. The molecule has 13 nitrogen and oxygen atoms in total. The number of amides is 4. The minimum atomic E-state index is -0.715. The molecule has 4 amide bonds. The van der Waals surface area contributed by atoms with Crippen molar-refractivity contribution >= 4 is 18.2 Å². The van der Waals surface area contributed by atoms with Crippen LogP contribution in [-0.4, -0.2) is 91.1 Å². The number of hydroxylamine groups is 2. The molecule has 2 aromatic rings. The van der Waals surface area contributed by atoms with Gasteiger partial charge in [-0.15, -0.1) is 10.2 Å². The number of ether oxygens (including phenoxy) is 2. The van der Waals surface area contributed by atoms with E-state index >= 15 is 0 Å². The first-order chi connectivity index (χ1) is 19.8. The number of carbonyl (C=O) groups excluding carboxylic acids is 3. The number of hydrogen-bond donors (Lipinski definition) is 0. The molecule has 13 heteroatoms. The van der Waals surface area contributed by atoms with Crippen molar-refractivity contribution in [1.82, 2.24) is 30.0 Å². The van der Waals surface area contributed by atoms with E-state index in [-0.39, 0.29) is 36.6 Å². The van der Waals surface area contributed by atoms with Crippen LogP contribution in [0.15, 0.2) is 34.7 Å². The van der Waals surface area contributed by atoms with Crippen molar-refractivity contribution in [2.24, 2.45) is 0 Å². The first kappa shape index (κ1) is 29.6. The van der Waals surface area contributed by atoms with Gasteiger partial charge in [0.25, 0.3) is 0 Å². The fraction of sp³-hybridized carbons (Fsp3) is 0.621. The predicted molar refractivity (Wildman–Crippen MR) is 149 cm³/mol. The van der Waals surface area contributed by atoms with Crippen LogP contribution >= 0.6 is 0 Å². The maximum Gasteiger partial charge on any atom is 0.411 e. The molecule has 0 unspecified atom stereocenters. The van der Waals surface area contributed by atoms with Crippen molar-refractivity contribution < 1.29 is 33.1 Å². The number of urea groups is 1. The number of rotatable bonds is 7. The van der Waals surface area contributed by atoms with E-state index in [1.54, 1.807) is 46.4 Å². The second kappa shape index (κ2) is 11.4. The summed E-state index contributed by atoms with van der Waals surface area (Å²) >= 11 is 0. The number of likely N-dealkylation sites (tertiary alicyclic amines) is 1. The molecule has 3 saturated heterocycles. The van der Waals surface area contributed by atoms with Crippen LogP contribution in [0, 0.1) is 0 Å². The van der Waals surface area contributed by atoms with Gasteiger partial charge < -0.3 is 23.7 Å². The molecule has 5 rings (SSSR count). The Bertz CT molecular complexity index is 1280. The molecule has 42 heavy (non-hydrogen) atoms. The zero-order valence-electron chi connectivity index (χ0n) is 25.1. The maximum absolute atomic E-state index is 13.2. The number of piperidine rings is 1. The summed E-state index contributed by atoms with van der Waals surface area (Å²) in [7, 11) is 0. The van der Waals surface area contributed by atoms with Crippen molar-refractivity contribution in [2.45, 2.75) is 96.9 Å². The van der Waals surface area contributed by atoms with Crippen molar-refractivity contribution in [3.05, 3.63) is 47.7 Å². The Kier molecular flexibility index (Phi) is 8.06. The third-order valence-electron chi connectivity index (χ3n) is 7.19. The van der Waals surface area contributed by atoms with Crippen LogP contribution in [-0.2, 0) is 27.5 Å². The van der Waals surface area contributed by atoms with Gasteiger partial charge in [0.15, 0.2) is 0 Å². The maximum atomic E-state index is 13.2. The Morgan fingerprint density at radius 1 is 0.976 bits per heavy atom. The van der Waals surface area contributed by atoms with Crippen LogP contribution in [0.1, 0.15) is 77.8 Å². The summed E-state index contributed by atoms with van der Waals surface area (Å²) in [5.74, 6) is 0.535. The Morgan fingerprint density at radius 2 is 1.67 bits per heavy atom. The number of fused-ring (bicyclic) bond motifs is 2. The molecule has 228 valence electrons. The van der Waals surface area contributed by atoms with Crippen LogP contribution in [0.25, 0.3) is 0 Å². The number of aromatic nitrogens is 2. The smallest absolute Gasteiger partial charge is 0.411 e. The summed E-state index contributed by atoms with van der Waals surface area (Å²) in [6, 6.07) is 8.73. The number of nitrogens with zero attached hydrogens (tertiary/aromatic N) is 6. The highest BCUT2D eigenvalue weighted by Crippen LogP contribution is 2.38. The fourth-order valence-corrected chi connectivity index (χ4v) is 5.18. The van der Waals surface area contributed by atoms with E-state index in [2.05, 4.69) is 10.2 Å². The molecule has 2 bridgehead atoms. The fourth-order valence-electron chi connectivity index (χ4n) is 5.18. The predicted octanol–water partition coefficient (Wildman–Crippen LogP) is 4.50. The number of hydrogen-bond acceptors (Lipinski definition) is 9. The second-order valence-corrected chi connectivity index (χ2v) is 12.9. The lowest BCUT2D eigenvalue weighted by Crippen LogP contribution is -2.63. The van der Waals surface area contributed by atoms with Crippen LogP contribution < -0.4 is 0 Å². The zero-order valence-corrected chi connectivity index (χ0v) is 25.1. The average Bonchev–Trinajstić information content (AvgIpc) is 3.43. The minimum absolute atomic E-state index is 0.00431. The third-order valence-corrected chi connectivity index (χ3v) is 7.19.